The second-order valence-electron chi connectivity index (χ2n) is 3.06. The summed E-state index contributed by atoms with van der Waals surface area (Å²) in [5, 5.41) is 0. The molecule has 0 bridgehead atoms. The second kappa shape index (κ2) is 7.34. The first kappa shape index (κ1) is 15.0. The van der Waals surface area contributed by atoms with Crippen molar-refractivity contribution in [3.63, 3.8) is 0 Å². The summed E-state index contributed by atoms with van der Waals surface area (Å²) in [7, 11) is -5.11. The molecule has 0 spiro atoms. The fourth-order valence-electron chi connectivity index (χ4n) is 1.23. The maximum atomic E-state index is 10.5. The predicted molar refractivity (Wildman–Crippen MR) is 63.5 cm³/mol. The Morgan fingerprint density at radius 2 is 1.44 bits per heavy atom. The Morgan fingerprint density at radius 1 is 1.06 bits per heavy atom. The van der Waals surface area contributed by atoms with Crippen molar-refractivity contribution in [1.82, 2.24) is 0 Å². The van der Waals surface area contributed by atoms with Gasteiger partial charge in [-0.15, -0.1) is 0 Å². The van der Waals surface area contributed by atoms with E-state index in [2.05, 4.69) is 43.0 Å². The molecule has 0 fully saturated rings. The van der Waals surface area contributed by atoms with Crippen molar-refractivity contribution in [3.8, 4) is 0 Å². The monoisotopic (exact) mass is 247 g/mol. The molecule has 1 rings (SSSR count). The van der Waals surface area contributed by atoms with E-state index >= 15 is 0 Å². The Bertz CT molecular complexity index is 269. The van der Waals surface area contributed by atoms with Gasteiger partial charge >= 0.3 is 9.14 Å². The van der Waals surface area contributed by atoms with Gasteiger partial charge in [0.05, 0.1) is 0 Å². The first-order chi connectivity index (χ1) is 7.38. The summed E-state index contributed by atoms with van der Waals surface area (Å²) < 4.78 is 10.5. The highest BCUT2D eigenvalue weighted by molar-refractivity contribution is 6.47. The molecule has 0 aromatic heterocycles. The lowest BCUT2D eigenvalue weighted by Gasteiger charge is -2.20. The maximum Gasteiger partial charge on any atom is 0.711 e. The number of anilines is 1. The molecule has 16 heavy (non-hydrogen) atoms. The van der Waals surface area contributed by atoms with Gasteiger partial charge in [0.25, 0.3) is 0 Å². The van der Waals surface area contributed by atoms with Gasteiger partial charge in [0.2, 0.25) is 0 Å². The number of benzene rings is 1. The van der Waals surface area contributed by atoms with Crippen LogP contribution in [0.4, 0.5) is 9.80 Å². The van der Waals surface area contributed by atoms with E-state index in [1.165, 1.54) is 5.69 Å². The Hall–Kier alpha value is -0.953. The van der Waals surface area contributed by atoms with Crippen LogP contribution in [0.25, 0.3) is 0 Å². The number of halogens is 1. The number of nitrogens with zero attached hydrogens (tertiary/aromatic N) is 1. The van der Waals surface area contributed by atoms with Crippen LogP contribution in [0.3, 0.4) is 0 Å². The normalized spacial score (nSPS) is 10.4. The first-order valence-corrected chi connectivity index (χ1v) is 6.76. The van der Waals surface area contributed by atoms with Gasteiger partial charge in [-0.3, -0.25) is 0 Å². The Balaban J connectivity index is 0.000000385. The molecular formula is C10H18FNO3Si. The van der Waals surface area contributed by atoms with Crippen molar-refractivity contribution in [2.75, 3.05) is 18.0 Å². The summed E-state index contributed by atoms with van der Waals surface area (Å²) in [6, 6.07) is 10.5. The van der Waals surface area contributed by atoms with Crippen LogP contribution in [-0.4, -0.2) is 36.6 Å². The second-order valence-corrected chi connectivity index (χ2v) is 4.17. The lowest BCUT2D eigenvalue weighted by Crippen LogP contribution is -2.27. The zero-order valence-corrected chi connectivity index (χ0v) is 10.5. The minimum absolute atomic E-state index is 1.08. The predicted octanol–water partition coefficient (Wildman–Crippen LogP) is 0.901. The average molecular weight is 247 g/mol. The number of hydrogen-bond acceptors (Lipinski definition) is 4. The minimum Gasteiger partial charge on any atom is -0.372 e. The van der Waals surface area contributed by atoms with E-state index < -0.39 is 9.14 Å². The molecule has 0 unspecified atom stereocenters. The molecule has 3 N–H and O–H groups in total. The van der Waals surface area contributed by atoms with Crippen LogP contribution in [0.1, 0.15) is 13.8 Å². The summed E-state index contributed by atoms with van der Waals surface area (Å²) in [5.74, 6) is 0. The highest BCUT2D eigenvalue weighted by Crippen LogP contribution is 2.11. The fraction of sp³-hybridized carbons (Fsp3) is 0.400. The molecule has 1 aromatic rings. The van der Waals surface area contributed by atoms with Gasteiger partial charge in [0, 0.05) is 18.8 Å². The lowest BCUT2D eigenvalue weighted by atomic mass is 10.3. The van der Waals surface area contributed by atoms with E-state index in [0.717, 1.165) is 13.1 Å². The first-order valence-electron chi connectivity index (χ1n) is 5.04. The molecule has 92 valence electrons. The largest absolute Gasteiger partial charge is 0.711 e. The van der Waals surface area contributed by atoms with Crippen LogP contribution >= 0.6 is 0 Å². The molecule has 0 amide bonds. The molecule has 0 heterocycles. The Labute approximate surface area is 96.1 Å². The zero-order chi connectivity index (χ0) is 12.6. The van der Waals surface area contributed by atoms with Crippen molar-refractivity contribution in [2.45, 2.75) is 13.8 Å². The molecule has 0 radical (unpaired) electrons. The van der Waals surface area contributed by atoms with Gasteiger partial charge in [-0.25, -0.2) is 4.11 Å². The van der Waals surface area contributed by atoms with E-state index in [0.29, 0.717) is 0 Å². The fourth-order valence-corrected chi connectivity index (χ4v) is 1.23. The third kappa shape index (κ3) is 8.36. The molecule has 0 saturated carbocycles. The molecule has 6 heteroatoms. The summed E-state index contributed by atoms with van der Waals surface area (Å²) in [6.45, 7) is 6.52. The SMILES string of the molecule is CCN(CC)c1ccccc1.O[Si](O)(O)F. The van der Waals surface area contributed by atoms with Crippen molar-refractivity contribution >= 4 is 14.8 Å². The summed E-state index contributed by atoms with van der Waals surface area (Å²) in [6.07, 6.45) is 0. The average Bonchev–Trinajstić information content (AvgIpc) is 2.19. The van der Waals surface area contributed by atoms with Gasteiger partial charge in [-0.1, -0.05) is 18.2 Å². The van der Waals surface area contributed by atoms with E-state index in [4.69, 9.17) is 14.4 Å². The topological polar surface area (TPSA) is 63.9 Å². The molecular weight excluding hydrogens is 229 g/mol. The number of hydrogen-bond donors (Lipinski definition) is 3. The summed E-state index contributed by atoms with van der Waals surface area (Å²) in [4.78, 5) is 23.6. The number of para-hydroxylation sites is 1. The third-order valence-electron chi connectivity index (χ3n) is 1.88. The molecule has 0 aliphatic rings. The molecule has 0 saturated heterocycles. The van der Waals surface area contributed by atoms with Crippen LogP contribution in [0.15, 0.2) is 30.3 Å². The van der Waals surface area contributed by atoms with E-state index in [9.17, 15) is 4.11 Å². The minimum atomic E-state index is -5.11. The molecule has 0 atom stereocenters. The maximum absolute atomic E-state index is 10.5. The van der Waals surface area contributed by atoms with Gasteiger partial charge in [0.1, 0.15) is 0 Å². The highest BCUT2D eigenvalue weighted by atomic mass is 28.4. The Morgan fingerprint density at radius 3 is 1.75 bits per heavy atom. The number of rotatable bonds is 3. The van der Waals surface area contributed by atoms with Crippen molar-refractivity contribution in [1.29, 1.82) is 0 Å². The Kier molecular flexibility index (Phi) is 6.90. The van der Waals surface area contributed by atoms with Crippen LogP contribution < -0.4 is 4.90 Å². The highest BCUT2D eigenvalue weighted by Gasteiger charge is 2.26. The van der Waals surface area contributed by atoms with E-state index in [1.807, 2.05) is 6.07 Å². The van der Waals surface area contributed by atoms with Crippen LogP contribution in [0.5, 0.6) is 0 Å². The smallest absolute Gasteiger partial charge is 0.372 e. The summed E-state index contributed by atoms with van der Waals surface area (Å²) >= 11 is 0. The van der Waals surface area contributed by atoms with Crippen molar-refractivity contribution < 1.29 is 18.5 Å². The zero-order valence-electron chi connectivity index (χ0n) is 9.47. The van der Waals surface area contributed by atoms with Crippen molar-refractivity contribution in [2.24, 2.45) is 0 Å². The quantitative estimate of drug-likeness (QED) is 0.548. The van der Waals surface area contributed by atoms with Gasteiger partial charge in [-0.05, 0) is 26.0 Å². The summed E-state index contributed by atoms with van der Waals surface area (Å²) in [5.41, 5.74) is 1.32. The van der Waals surface area contributed by atoms with Crippen molar-refractivity contribution in [3.05, 3.63) is 30.3 Å². The molecule has 1 aromatic carbocycles. The van der Waals surface area contributed by atoms with E-state index in [1.54, 1.807) is 0 Å². The molecule has 0 aliphatic carbocycles. The molecule has 4 nitrogen and oxygen atoms in total. The van der Waals surface area contributed by atoms with Crippen LogP contribution in [0.2, 0.25) is 0 Å². The van der Waals surface area contributed by atoms with Crippen LogP contribution in [-0.2, 0) is 0 Å². The van der Waals surface area contributed by atoms with Crippen LogP contribution in [0, 0.1) is 0 Å². The van der Waals surface area contributed by atoms with Gasteiger partial charge in [0.15, 0.2) is 0 Å². The standard InChI is InChI=1S/C10H15N.FH3O3Si/c1-3-11(4-2)10-8-6-5-7-9-10;1-5(2,3)4/h5-9H,3-4H2,1-2H3;2-4H. The lowest BCUT2D eigenvalue weighted by molar-refractivity contribution is 0.165. The van der Waals surface area contributed by atoms with Gasteiger partial charge < -0.3 is 19.3 Å². The third-order valence-corrected chi connectivity index (χ3v) is 1.88. The van der Waals surface area contributed by atoms with Gasteiger partial charge in [-0.2, -0.15) is 0 Å². The van der Waals surface area contributed by atoms with E-state index in [-0.39, 0.29) is 0 Å². The molecule has 0 aliphatic heterocycles.